The Hall–Kier alpha value is -2.98. The molecule has 126 valence electrons. The summed E-state index contributed by atoms with van der Waals surface area (Å²) in [5.41, 5.74) is 1.29. The van der Waals surface area contributed by atoms with E-state index in [1.807, 2.05) is 6.07 Å². The quantitative estimate of drug-likeness (QED) is 0.763. The first-order valence-corrected chi connectivity index (χ1v) is 9.39. The fourth-order valence-corrected chi connectivity index (χ4v) is 4.07. The van der Waals surface area contributed by atoms with Crippen molar-refractivity contribution in [1.82, 2.24) is 4.90 Å². The van der Waals surface area contributed by atoms with E-state index in [1.54, 1.807) is 48.5 Å². The molecule has 0 bridgehead atoms. The molecule has 0 radical (unpaired) electrons. The Morgan fingerprint density at radius 3 is 2.08 bits per heavy atom. The molecule has 7 heteroatoms. The maximum atomic E-state index is 12.4. The fourth-order valence-electron chi connectivity index (χ4n) is 2.74. The van der Waals surface area contributed by atoms with Gasteiger partial charge < -0.3 is 0 Å². The van der Waals surface area contributed by atoms with Gasteiger partial charge >= 0.3 is 0 Å². The van der Waals surface area contributed by atoms with Crippen molar-refractivity contribution < 1.29 is 18.0 Å². The first-order valence-electron chi connectivity index (χ1n) is 7.56. The van der Waals surface area contributed by atoms with Gasteiger partial charge in [0.05, 0.1) is 34.3 Å². The summed E-state index contributed by atoms with van der Waals surface area (Å²) in [7, 11) is -3.59. The molecular formula is C18H14N2O4S. The molecule has 2 amide bonds. The molecule has 0 saturated heterocycles. The van der Waals surface area contributed by atoms with Gasteiger partial charge in [-0.25, -0.2) is 8.42 Å². The molecule has 1 heterocycles. The van der Waals surface area contributed by atoms with Gasteiger partial charge in [-0.1, -0.05) is 30.3 Å². The number of rotatable bonds is 5. The van der Waals surface area contributed by atoms with Crippen molar-refractivity contribution in [3.05, 3.63) is 70.8 Å². The molecule has 2 aromatic carbocycles. The van der Waals surface area contributed by atoms with Crippen LogP contribution in [0.2, 0.25) is 0 Å². The Bertz CT molecular complexity index is 971. The highest BCUT2D eigenvalue weighted by Crippen LogP contribution is 2.22. The van der Waals surface area contributed by atoms with E-state index in [4.69, 9.17) is 5.26 Å². The van der Waals surface area contributed by atoms with Crippen LogP contribution >= 0.6 is 0 Å². The smallest absolute Gasteiger partial charge is 0.261 e. The number of sulfone groups is 1. The summed E-state index contributed by atoms with van der Waals surface area (Å²) < 4.78 is 24.7. The molecule has 0 aromatic heterocycles. The van der Waals surface area contributed by atoms with Crippen LogP contribution in [-0.2, 0) is 15.6 Å². The van der Waals surface area contributed by atoms with E-state index in [2.05, 4.69) is 0 Å². The third-order valence-electron chi connectivity index (χ3n) is 4.02. The van der Waals surface area contributed by atoms with Gasteiger partial charge in [-0.15, -0.1) is 0 Å². The minimum absolute atomic E-state index is 0.205. The molecule has 0 aliphatic carbocycles. The van der Waals surface area contributed by atoms with E-state index >= 15 is 0 Å². The Balaban J connectivity index is 1.73. The summed E-state index contributed by atoms with van der Waals surface area (Å²) in [6, 6.07) is 14.8. The molecule has 0 N–H and O–H groups in total. The Morgan fingerprint density at radius 2 is 1.48 bits per heavy atom. The lowest BCUT2D eigenvalue weighted by Gasteiger charge is -2.14. The minimum atomic E-state index is -3.59. The number of hydrogen-bond acceptors (Lipinski definition) is 5. The fraction of sp³-hybridized carbons (Fsp3) is 0.167. The predicted octanol–water partition coefficient (Wildman–Crippen LogP) is 1.77. The normalized spacial score (nSPS) is 13.6. The van der Waals surface area contributed by atoms with Gasteiger partial charge in [-0.2, -0.15) is 5.26 Å². The van der Waals surface area contributed by atoms with E-state index < -0.39 is 21.7 Å². The molecule has 0 spiro atoms. The molecule has 0 saturated carbocycles. The molecule has 6 nitrogen and oxygen atoms in total. The molecule has 0 fully saturated rings. The number of nitriles is 1. The summed E-state index contributed by atoms with van der Waals surface area (Å²) in [5.74, 6) is -1.61. The van der Waals surface area contributed by atoms with Crippen LogP contribution < -0.4 is 0 Å². The zero-order valence-corrected chi connectivity index (χ0v) is 14.0. The van der Waals surface area contributed by atoms with E-state index in [1.165, 1.54) is 0 Å². The van der Waals surface area contributed by atoms with Crippen LogP contribution in [-0.4, -0.2) is 37.4 Å². The standard InChI is InChI=1S/C18H14N2O4S/c19-11-13-5-1-2-6-14(13)12-25(23,24)10-9-20-17(21)15-7-3-4-8-16(15)18(20)22/h1-8H,9-10,12H2. The van der Waals surface area contributed by atoms with Crippen LogP contribution in [0, 0.1) is 11.3 Å². The first kappa shape index (κ1) is 16.9. The highest BCUT2D eigenvalue weighted by molar-refractivity contribution is 7.90. The number of amides is 2. The molecule has 3 rings (SSSR count). The predicted molar refractivity (Wildman–Crippen MR) is 90.5 cm³/mol. The van der Waals surface area contributed by atoms with Gasteiger partial charge in [0.2, 0.25) is 0 Å². The van der Waals surface area contributed by atoms with E-state index in [0.717, 1.165) is 4.90 Å². The average molecular weight is 354 g/mol. The van der Waals surface area contributed by atoms with Gasteiger partial charge in [-0.3, -0.25) is 14.5 Å². The summed E-state index contributed by atoms with van der Waals surface area (Å²) >= 11 is 0. The first-order chi connectivity index (χ1) is 11.9. The molecule has 25 heavy (non-hydrogen) atoms. The number of nitrogens with zero attached hydrogens (tertiary/aromatic N) is 2. The third kappa shape index (κ3) is 3.30. The van der Waals surface area contributed by atoms with Crippen molar-refractivity contribution in [1.29, 1.82) is 5.26 Å². The van der Waals surface area contributed by atoms with Gasteiger partial charge in [0.1, 0.15) is 0 Å². The zero-order chi connectivity index (χ0) is 18.0. The second kappa shape index (κ2) is 6.49. The number of imide groups is 1. The van der Waals surface area contributed by atoms with Crippen molar-refractivity contribution >= 4 is 21.7 Å². The minimum Gasteiger partial charge on any atom is -0.273 e. The highest BCUT2D eigenvalue weighted by atomic mass is 32.2. The Morgan fingerprint density at radius 1 is 0.920 bits per heavy atom. The number of hydrogen-bond donors (Lipinski definition) is 0. The van der Waals surface area contributed by atoms with Gasteiger partial charge in [-0.05, 0) is 23.8 Å². The number of fused-ring (bicyclic) bond motifs is 1. The van der Waals surface area contributed by atoms with Gasteiger partial charge in [0.15, 0.2) is 9.84 Å². The van der Waals surface area contributed by atoms with Crippen molar-refractivity contribution in [2.75, 3.05) is 12.3 Å². The van der Waals surface area contributed by atoms with Crippen LogP contribution in [0.3, 0.4) is 0 Å². The highest BCUT2D eigenvalue weighted by Gasteiger charge is 2.35. The topological polar surface area (TPSA) is 95.3 Å². The van der Waals surface area contributed by atoms with Crippen molar-refractivity contribution in [2.45, 2.75) is 5.75 Å². The van der Waals surface area contributed by atoms with Gasteiger partial charge in [0, 0.05) is 6.54 Å². The summed E-state index contributed by atoms with van der Waals surface area (Å²) in [6.45, 7) is -0.205. The second-order valence-electron chi connectivity index (χ2n) is 5.67. The van der Waals surface area contributed by atoms with Crippen LogP contribution in [0.5, 0.6) is 0 Å². The summed E-state index contributed by atoms with van der Waals surface area (Å²) in [4.78, 5) is 25.5. The average Bonchev–Trinajstić information content (AvgIpc) is 2.85. The zero-order valence-electron chi connectivity index (χ0n) is 13.2. The van der Waals surface area contributed by atoms with Gasteiger partial charge in [0.25, 0.3) is 11.8 Å². The van der Waals surface area contributed by atoms with Crippen LogP contribution in [0.4, 0.5) is 0 Å². The monoisotopic (exact) mass is 354 g/mol. The maximum absolute atomic E-state index is 12.4. The number of carbonyl (C=O) groups is 2. The lowest BCUT2D eigenvalue weighted by Crippen LogP contribution is -2.34. The summed E-state index contributed by atoms with van der Waals surface area (Å²) in [5, 5.41) is 9.05. The molecule has 0 atom stereocenters. The van der Waals surface area contributed by atoms with Crippen LogP contribution in [0.15, 0.2) is 48.5 Å². The lowest BCUT2D eigenvalue weighted by atomic mass is 10.1. The molecular weight excluding hydrogens is 340 g/mol. The van der Waals surface area contributed by atoms with Crippen molar-refractivity contribution in [3.63, 3.8) is 0 Å². The van der Waals surface area contributed by atoms with Crippen molar-refractivity contribution in [3.8, 4) is 6.07 Å². The largest absolute Gasteiger partial charge is 0.273 e. The Kier molecular flexibility index (Phi) is 4.38. The number of carbonyl (C=O) groups excluding carboxylic acids is 2. The number of benzene rings is 2. The molecule has 1 aliphatic rings. The lowest BCUT2D eigenvalue weighted by molar-refractivity contribution is 0.0664. The third-order valence-corrected chi connectivity index (χ3v) is 5.57. The molecule has 2 aromatic rings. The van der Waals surface area contributed by atoms with E-state index in [9.17, 15) is 18.0 Å². The SMILES string of the molecule is N#Cc1ccccc1CS(=O)(=O)CCN1C(=O)c2ccccc2C1=O. The van der Waals surface area contributed by atoms with E-state index in [0.29, 0.717) is 22.3 Å². The van der Waals surface area contributed by atoms with E-state index in [-0.39, 0.29) is 18.1 Å². The maximum Gasteiger partial charge on any atom is 0.261 e. The summed E-state index contributed by atoms with van der Waals surface area (Å²) in [6.07, 6.45) is 0. The van der Waals surface area contributed by atoms with Crippen LogP contribution in [0.1, 0.15) is 31.8 Å². The molecule has 1 aliphatic heterocycles. The van der Waals surface area contributed by atoms with Crippen LogP contribution in [0.25, 0.3) is 0 Å². The second-order valence-corrected chi connectivity index (χ2v) is 7.85. The Labute approximate surface area is 145 Å². The molecule has 0 unspecified atom stereocenters. The van der Waals surface area contributed by atoms with Crippen molar-refractivity contribution in [2.24, 2.45) is 0 Å².